The molecule has 1 amide bonds. The maximum Gasteiger partial charge on any atom is 0.490 e. The van der Waals surface area contributed by atoms with Crippen LogP contribution in [0.2, 0.25) is 0 Å². The molecule has 0 saturated heterocycles. The van der Waals surface area contributed by atoms with E-state index in [1.807, 2.05) is 18.2 Å². The zero-order chi connectivity index (χ0) is 17.0. The number of nitrogens with zero attached hydrogens (tertiary/aromatic N) is 1. The number of amides is 1. The van der Waals surface area contributed by atoms with Crippen molar-refractivity contribution in [3.63, 3.8) is 0 Å². The summed E-state index contributed by atoms with van der Waals surface area (Å²) in [5.41, 5.74) is 3.73. The molecule has 0 fully saturated rings. The molecular weight excluding hydrogens is 315 g/mol. The van der Waals surface area contributed by atoms with Gasteiger partial charge >= 0.3 is 12.1 Å². The van der Waals surface area contributed by atoms with E-state index in [-0.39, 0.29) is 5.91 Å². The van der Waals surface area contributed by atoms with Crippen LogP contribution in [-0.4, -0.2) is 39.7 Å². The number of H-pyrrole nitrogens is 1. The summed E-state index contributed by atoms with van der Waals surface area (Å²) in [4.78, 5) is 27.8. The first-order valence-corrected chi connectivity index (χ1v) is 6.49. The van der Waals surface area contributed by atoms with Gasteiger partial charge in [-0.25, -0.2) is 4.79 Å². The van der Waals surface area contributed by atoms with Crippen molar-refractivity contribution in [2.45, 2.75) is 12.6 Å². The first kappa shape index (κ1) is 16.5. The molecule has 0 aliphatic carbocycles. The fourth-order valence-electron chi connectivity index (χ4n) is 1.97. The molecule has 0 unspecified atom stereocenters. The Labute approximate surface area is 128 Å². The average molecular weight is 327 g/mol. The summed E-state index contributed by atoms with van der Waals surface area (Å²) in [5, 5.41) is 9.95. The van der Waals surface area contributed by atoms with Crippen molar-refractivity contribution in [3.8, 4) is 11.3 Å². The largest absolute Gasteiger partial charge is 0.490 e. The number of halogens is 3. The number of aliphatic carboxylic acids is 1. The molecule has 0 atom stereocenters. The molecule has 0 aromatic carbocycles. The number of hydrogen-bond acceptors (Lipinski definition) is 3. The Morgan fingerprint density at radius 1 is 1.35 bits per heavy atom. The number of rotatable bonds is 1. The van der Waals surface area contributed by atoms with Crippen LogP contribution in [0.4, 0.5) is 13.2 Å². The fraction of sp³-hybridized carbons (Fsp3) is 0.214. The summed E-state index contributed by atoms with van der Waals surface area (Å²) < 4.78 is 31.7. The molecule has 9 heteroatoms. The zero-order valence-electron chi connectivity index (χ0n) is 11.6. The lowest BCUT2D eigenvalue weighted by molar-refractivity contribution is -0.192. The van der Waals surface area contributed by atoms with Gasteiger partial charge in [0.1, 0.15) is 0 Å². The second kappa shape index (κ2) is 6.51. The lowest BCUT2D eigenvalue weighted by atomic mass is 10.1. The van der Waals surface area contributed by atoms with Gasteiger partial charge in [-0.1, -0.05) is 0 Å². The van der Waals surface area contributed by atoms with Crippen molar-refractivity contribution in [2.75, 3.05) is 6.54 Å². The topological polar surface area (TPSA) is 95.1 Å². The third-order valence-corrected chi connectivity index (χ3v) is 3.02. The summed E-state index contributed by atoms with van der Waals surface area (Å²) in [6, 6.07) is 5.75. The van der Waals surface area contributed by atoms with Gasteiger partial charge in [0.25, 0.3) is 5.91 Å². The summed E-state index contributed by atoms with van der Waals surface area (Å²) >= 11 is 0. The molecule has 0 spiro atoms. The van der Waals surface area contributed by atoms with Crippen molar-refractivity contribution in [2.24, 2.45) is 0 Å². The minimum atomic E-state index is -5.08. The van der Waals surface area contributed by atoms with Gasteiger partial charge in [-0.05, 0) is 18.2 Å². The zero-order valence-corrected chi connectivity index (χ0v) is 11.6. The lowest BCUT2D eigenvalue weighted by Crippen LogP contribution is -2.31. The van der Waals surface area contributed by atoms with Crippen LogP contribution in [0.3, 0.4) is 0 Å². The summed E-state index contributed by atoms with van der Waals surface area (Å²) in [6.45, 7) is 0.707. The van der Waals surface area contributed by atoms with Crippen molar-refractivity contribution in [3.05, 3.63) is 41.9 Å². The highest BCUT2D eigenvalue weighted by Crippen LogP contribution is 2.22. The van der Waals surface area contributed by atoms with E-state index in [0.717, 1.165) is 28.9 Å². The molecule has 6 nitrogen and oxygen atoms in total. The minimum absolute atomic E-state index is 0.00707. The van der Waals surface area contributed by atoms with Gasteiger partial charge in [-0.3, -0.25) is 9.78 Å². The number of pyridine rings is 1. The Hall–Kier alpha value is -2.84. The average Bonchev–Trinajstić information content (AvgIpc) is 2.93. The van der Waals surface area contributed by atoms with Gasteiger partial charge in [-0.15, -0.1) is 0 Å². The second-order valence-corrected chi connectivity index (χ2v) is 4.63. The van der Waals surface area contributed by atoms with Gasteiger partial charge in [0.2, 0.25) is 0 Å². The van der Waals surface area contributed by atoms with Crippen molar-refractivity contribution in [1.29, 1.82) is 0 Å². The van der Waals surface area contributed by atoms with Crippen LogP contribution < -0.4 is 5.32 Å². The van der Waals surface area contributed by atoms with E-state index in [9.17, 15) is 18.0 Å². The Balaban J connectivity index is 0.000000236. The molecule has 0 radical (unpaired) electrons. The standard InChI is InChI=1S/C12H11N3O.C2HF3O2/c16-12-9-6-11(8-2-1-4-13-7-8)15-10(9)3-5-14-12;3-2(4,5)1(6)7/h1-2,4,6-7,15H,3,5H2,(H,14,16);(H,6,7). The molecule has 0 saturated carbocycles. The highest BCUT2D eigenvalue weighted by atomic mass is 19.4. The Bertz CT molecular complexity index is 711. The van der Waals surface area contributed by atoms with Crippen molar-refractivity contribution in [1.82, 2.24) is 15.3 Å². The van der Waals surface area contributed by atoms with E-state index in [0.29, 0.717) is 6.54 Å². The molecule has 0 bridgehead atoms. The number of carbonyl (C=O) groups is 2. The van der Waals surface area contributed by atoms with Gasteiger partial charge in [-0.2, -0.15) is 13.2 Å². The van der Waals surface area contributed by atoms with Crippen LogP contribution in [0.1, 0.15) is 16.1 Å². The smallest absolute Gasteiger partial charge is 0.475 e. The highest BCUT2D eigenvalue weighted by molar-refractivity contribution is 5.97. The molecule has 3 rings (SSSR count). The highest BCUT2D eigenvalue weighted by Gasteiger charge is 2.38. The van der Waals surface area contributed by atoms with Gasteiger partial charge in [0.15, 0.2) is 0 Å². The van der Waals surface area contributed by atoms with E-state index in [1.165, 1.54) is 0 Å². The number of fused-ring (bicyclic) bond motifs is 1. The SMILES string of the molecule is O=C(O)C(F)(F)F.O=C1NCCc2[nH]c(-c3cccnc3)cc21. The fourth-order valence-corrected chi connectivity index (χ4v) is 1.97. The van der Waals surface area contributed by atoms with E-state index < -0.39 is 12.1 Å². The number of carboxylic acids is 1. The van der Waals surface area contributed by atoms with Gasteiger partial charge in [0, 0.05) is 42.3 Å². The predicted molar refractivity (Wildman–Crippen MR) is 73.8 cm³/mol. The number of hydrogen-bond donors (Lipinski definition) is 3. The third-order valence-electron chi connectivity index (χ3n) is 3.02. The van der Waals surface area contributed by atoms with Crippen molar-refractivity contribution < 1.29 is 27.9 Å². The van der Waals surface area contributed by atoms with E-state index in [4.69, 9.17) is 9.90 Å². The summed E-state index contributed by atoms with van der Waals surface area (Å²) in [6.07, 6.45) is -0.699. The quantitative estimate of drug-likeness (QED) is 0.746. The van der Waals surface area contributed by atoms with Gasteiger partial charge < -0.3 is 15.4 Å². The number of aromatic nitrogens is 2. The molecule has 3 N–H and O–H groups in total. The molecule has 1 aliphatic heterocycles. The molecule has 2 aromatic heterocycles. The second-order valence-electron chi connectivity index (χ2n) is 4.63. The van der Waals surface area contributed by atoms with Crippen molar-refractivity contribution >= 4 is 11.9 Å². The van der Waals surface area contributed by atoms with Crippen LogP contribution in [0.25, 0.3) is 11.3 Å². The van der Waals surface area contributed by atoms with Gasteiger partial charge in [0.05, 0.1) is 5.56 Å². The number of aromatic amines is 1. The van der Waals surface area contributed by atoms with E-state index >= 15 is 0 Å². The van der Waals surface area contributed by atoms with Crippen LogP contribution in [0.15, 0.2) is 30.6 Å². The molecule has 3 heterocycles. The molecular formula is C14H12F3N3O3. The molecule has 1 aliphatic rings. The first-order chi connectivity index (χ1) is 10.8. The Morgan fingerprint density at radius 2 is 2.04 bits per heavy atom. The summed E-state index contributed by atoms with van der Waals surface area (Å²) in [7, 11) is 0. The normalized spacial score (nSPS) is 13.4. The first-order valence-electron chi connectivity index (χ1n) is 6.49. The molecule has 122 valence electrons. The third kappa shape index (κ3) is 4.09. The number of alkyl halides is 3. The predicted octanol–water partition coefficient (Wildman–Crippen LogP) is 2.00. The molecule has 2 aromatic rings. The van der Waals surface area contributed by atoms with E-state index in [1.54, 1.807) is 12.4 Å². The number of carboxylic acid groups (broad SMARTS) is 1. The van der Waals surface area contributed by atoms with Crippen LogP contribution >= 0.6 is 0 Å². The lowest BCUT2D eigenvalue weighted by Gasteiger charge is -2.10. The maximum absolute atomic E-state index is 11.6. The monoisotopic (exact) mass is 327 g/mol. The van der Waals surface area contributed by atoms with Crippen LogP contribution in [0.5, 0.6) is 0 Å². The Kier molecular flexibility index (Phi) is 4.68. The minimum Gasteiger partial charge on any atom is -0.475 e. The number of nitrogens with one attached hydrogen (secondary N) is 2. The summed E-state index contributed by atoms with van der Waals surface area (Å²) in [5.74, 6) is -2.75. The Morgan fingerprint density at radius 3 is 2.57 bits per heavy atom. The van der Waals surface area contributed by atoms with E-state index in [2.05, 4.69) is 15.3 Å². The van der Waals surface area contributed by atoms with Crippen LogP contribution in [0, 0.1) is 0 Å². The maximum atomic E-state index is 11.6. The molecule has 23 heavy (non-hydrogen) atoms. The number of carbonyl (C=O) groups excluding carboxylic acids is 1. The van der Waals surface area contributed by atoms with Crippen LogP contribution in [-0.2, 0) is 11.2 Å².